The molecule has 0 aliphatic rings. The predicted molar refractivity (Wildman–Crippen MR) is 143 cm³/mol. The molecule has 4 aromatic carbocycles. The zero-order valence-electron chi connectivity index (χ0n) is 18.0. The van der Waals surface area contributed by atoms with Crippen LogP contribution >= 0.6 is 15.8 Å². The number of hydrogen-bond acceptors (Lipinski definition) is 0. The highest BCUT2D eigenvalue weighted by Gasteiger charge is 2.24. The van der Waals surface area contributed by atoms with Crippen LogP contribution in [0.1, 0.15) is 0 Å². The first-order chi connectivity index (χ1) is 15.8. The Morgan fingerprint density at radius 2 is 0.625 bits per heavy atom. The van der Waals surface area contributed by atoms with E-state index in [1.807, 2.05) is 0 Å². The van der Waals surface area contributed by atoms with Gasteiger partial charge in [0.05, 0.1) is 10.9 Å². The van der Waals surface area contributed by atoms with Crippen LogP contribution in [0.15, 0.2) is 133 Å². The second-order valence-electron chi connectivity index (χ2n) is 7.62. The van der Waals surface area contributed by atoms with Crippen LogP contribution in [-0.4, -0.2) is 4.57 Å². The van der Waals surface area contributed by atoms with E-state index in [1.165, 1.54) is 32.1 Å². The van der Waals surface area contributed by atoms with Crippen LogP contribution in [0.3, 0.4) is 0 Å². The summed E-state index contributed by atoms with van der Waals surface area (Å²) in [5, 5.41) is 5.52. The maximum absolute atomic E-state index is 2.46. The Morgan fingerprint density at radius 1 is 0.375 bits per heavy atom. The molecule has 32 heavy (non-hydrogen) atoms. The monoisotopic (exact) mass is 449 g/mol. The van der Waals surface area contributed by atoms with Crippen LogP contribution in [0.4, 0.5) is 0 Å². The van der Waals surface area contributed by atoms with Crippen molar-refractivity contribution in [2.24, 2.45) is 7.05 Å². The maximum atomic E-state index is 2.46. The molecule has 1 nitrogen and oxygen atoms in total. The van der Waals surface area contributed by atoms with Crippen molar-refractivity contribution in [2.45, 2.75) is 0 Å². The van der Waals surface area contributed by atoms with Crippen molar-refractivity contribution in [3.63, 3.8) is 0 Å². The minimum absolute atomic E-state index is 0.635. The molecule has 0 atom stereocenters. The van der Waals surface area contributed by atoms with Gasteiger partial charge in [0.1, 0.15) is 0 Å². The largest absolute Gasteiger partial charge is 0.343 e. The lowest BCUT2D eigenvalue weighted by Gasteiger charge is -2.23. The highest BCUT2D eigenvalue weighted by atomic mass is 31.1. The third-order valence-electron chi connectivity index (χ3n) is 5.58. The standard InChI is InChI=1S/C29H25NP2/c1-30-28(31(24-14-6-2-7-15-24)25-16-8-3-9-17-25)22-23-29(30)32(26-18-10-4-11-19-26)27-20-12-5-13-21-27/h2-23H,1H3. The third kappa shape index (κ3) is 4.20. The predicted octanol–water partition coefficient (Wildman–Crippen LogP) is 4.54. The van der Waals surface area contributed by atoms with Gasteiger partial charge in [0.25, 0.3) is 0 Å². The second-order valence-corrected chi connectivity index (χ2v) is 11.9. The van der Waals surface area contributed by atoms with Gasteiger partial charge in [0.2, 0.25) is 0 Å². The first-order valence-electron chi connectivity index (χ1n) is 10.8. The SMILES string of the molecule is Cn1c(P(c2ccccc2)c2ccccc2)ccc1P(c1ccccc1)c1ccccc1. The van der Waals surface area contributed by atoms with E-state index >= 15 is 0 Å². The maximum Gasteiger partial charge on any atom is 0.0504 e. The highest BCUT2D eigenvalue weighted by Crippen LogP contribution is 2.36. The molecule has 1 aromatic heterocycles. The van der Waals surface area contributed by atoms with Crippen molar-refractivity contribution in [1.82, 2.24) is 4.57 Å². The first kappa shape index (κ1) is 20.9. The quantitative estimate of drug-likeness (QED) is 0.336. The molecule has 156 valence electrons. The van der Waals surface area contributed by atoms with Crippen LogP contribution < -0.4 is 32.1 Å². The molecule has 5 aromatic rings. The van der Waals surface area contributed by atoms with Crippen LogP contribution in [0.25, 0.3) is 0 Å². The van der Waals surface area contributed by atoms with Gasteiger partial charge in [-0.3, -0.25) is 0 Å². The van der Waals surface area contributed by atoms with Gasteiger partial charge in [0.15, 0.2) is 0 Å². The molecule has 0 unspecified atom stereocenters. The molecule has 0 aliphatic heterocycles. The van der Waals surface area contributed by atoms with Gasteiger partial charge in [0, 0.05) is 22.9 Å². The van der Waals surface area contributed by atoms with E-state index in [2.05, 4.69) is 145 Å². The number of hydrogen-bond donors (Lipinski definition) is 0. The Kier molecular flexibility index (Phi) is 6.31. The van der Waals surface area contributed by atoms with Crippen molar-refractivity contribution < 1.29 is 0 Å². The molecule has 5 rings (SSSR count). The third-order valence-corrected chi connectivity index (χ3v) is 10.7. The summed E-state index contributed by atoms with van der Waals surface area (Å²) in [6.45, 7) is 0. The van der Waals surface area contributed by atoms with Crippen molar-refractivity contribution in [3.05, 3.63) is 133 Å². The summed E-state index contributed by atoms with van der Waals surface area (Å²) in [4.78, 5) is 0. The molecule has 0 saturated carbocycles. The highest BCUT2D eigenvalue weighted by molar-refractivity contribution is 7.81. The molecule has 0 N–H and O–H groups in total. The van der Waals surface area contributed by atoms with E-state index in [1.54, 1.807) is 0 Å². The van der Waals surface area contributed by atoms with E-state index in [0.717, 1.165) is 0 Å². The number of aromatic nitrogens is 1. The number of rotatable bonds is 6. The summed E-state index contributed by atoms with van der Waals surface area (Å²) in [6, 6.07) is 48.4. The minimum Gasteiger partial charge on any atom is -0.343 e. The van der Waals surface area contributed by atoms with Gasteiger partial charge in [-0.1, -0.05) is 121 Å². The van der Waals surface area contributed by atoms with Crippen LogP contribution in [0.2, 0.25) is 0 Å². The van der Waals surface area contributed by atoms with E-state index in [9.17, 15) is 0 Å². The molecule has 0 aliphatic carbocycles. The molecule has 0 bridgehead atoms. The summed E-state index contributed by atoms with van der Waals surface area (Å²) in [7, 11) is 0.973. The van der Waals surface area contributed by atoms with Gasteiger partial charge in [-0.25, -0.2) is 0 Å². The molecule has 1 heterocycles. The lowest BCUT2D eigenvalue weighted by molar-refractivity contribution is 0.993. The fraction of sp³-hybridized carbons (Fsp3) is 0.0345. The Hall–Kier alpha value is -2.98. The first-order valence-corrected chi connectivity index (χ1v) is 13.5. The lowest BCUT2D eigenvalue weighted by Crippen LogP contribution is -2.31. The molecule has 3 heteroatoms. The molecule has 0 fully saturated rings. The van der Waals surface area contributed by atoms with Crippen molar-refractivity contribution in [1.29, 1.82) is 0 Å². The Bertz CT molecular complexity index is 1090. The minimum atomic E-state index is -0.635. The Balaban J connectivity index is 1.66. The molecule has 0 spiro atoms. The van der Waals surface area contributed by atoms with Gasteiger partial charge < -0.3 is 4.57 Å². The summed E-state index contributed by atoms with van der Waals surface area (Å²) in [5.41, 5.74) is 2.76. The molecular formula is C29H25NP2. The van der Waals surface area contributed by atoms with E-state index in [0.29, 0.717) is 0 Å². The van der Waals surface area contributed by atoms with E-state index in [-0.39, 0.29) is 0 Å². The smallest absolute Gasteiger partial charge is 0.0504 e. The molecular weight excluding hydrogens is 424 g/mol. The molecule has 0 radical (unpaired) electrons. The Labute approximate surface area is 192 Å². The Morgan fingerprint density at radius 3 is 0.875 bits per heavy atom. The summed E-state index contributed by atoms with van der Waals surface area (Å²) >= 11 is 0. The lowest BCUT2D eigenvalue weighted by atomic mass is 10.4. The van der Waals surface area contributed by atoms with Gasteiger partial charge in [-0.15, -0.1) is 0 Å². The van der Waals surface area contributed by atoms with Crippen LogP contribution in [0, 0.1) is 0 Å². The zero-order valence-corrected chi connectivity index (χ0v) is 19.8. The average Bonchev–Trinajstić information content (AvgIpc) is 3.23. The van der Waals surface area contributed by atoms with Crippen LogP contribution in [-0.2, 0) is 7.05 Å². The summed E-state index contributed by atoms with van der Waals surface area (Å²) < 4.78 is 2.46. The average molecular weight is 449 g/mol. The van der Waals surface area contributed by atoms with Crippen molar-refractivity contribution in [3.8, 4) is 0 Å². The number of nitrogens with zero attached hydrogens (tertiary/aromatic N) is 1. The van der Waals surface area contributed by atoms with Crippen molar-refractivity contribution >= 4 is 47.9 Å². The summed E-state index contributed by atoms with van der Waals surface area (Å²) in [6.07, 6.45) is 0. The van der Waals surface area contributed by atoms with Gasteiger partial charge in [-0.2, -0.15) is 0 Å². The fourth-order valence-corrected chi connectivity index (χ4v) is 8.95. The van der Waals surface area contributed by atoms with E-state index in [4.69, 9.17) is 0 Å². The second kappa shape index (κ2) is 9.66. The molecule has 0 amide bonds. The van der Waals surface area contributed by atoms with Crippen molar-refractivity contribution in [2.75, 3.05) is 0 Å². The van der Waals surface area contributed by atoms with Crippen LogP contribution in [0.5, 0.6) is 0 Å². The zero-order chi connectivity index (χ0) is 21.8. The van der Waals surface area contributed by atoms with Gasteiger partial charge >= 0.3 is 0 Å². The topological polar surface area (TPSA) is 4.93 Å². The number of benzene rings is 4. The van der Waals surface area contributed by atoms with Gasteiger partial charge in [-0.05, 0) is 33.4 Å². The molecule has 0 saturated heterocycles. The van der Waals surface area contributed by atoms with E-state index < -0.39 is 15.8 Å². The normalized spacial score (nSPS) is 11.2. The fourth-order valence-electron chi connectivity index (χ4n) is 4.07. The summed E-state index contributed by atoms with van der Waals surface area (Å²) in [5.74, 6) is 0.